The number of carbonyl (C=O) groups is 1. The van der Waals surface area contributed by atoms with Crippen molar-refractivity contribution in [3.05, 3.63) is 65.2 Å². The van der Waals surface area contributed by atoms with Crippen LogP contribution in [0.25, 0.3) is 11.1 Å². The fourth-order valence-electron chi connectivity index (χ4n) is 8.10. The van der Waals surface area contributed by atoms with Gasteiger partial charge in [0.05, 0.1) is 8.07 Å². The van der Waals surface area contributed by atoms with Crippen molar-refractivity contribution in [3.8, 4) is 11.1 Å². The van der Waals surface area contributed by atoms with E-state index < -0.39 is 25.7 Å². The van der Waals surface area contributed by atoms with E-state index in [-0.39, 0.29) is 24.7 Å². The molecule has 0 aliphatic heterocycles. The number of unbranched alkanes of at least 4 members (excludes halogenated alkanes) is 2. The van der Waals surface area contributed by atoms with E-state index in [1.165, 1.54) is 51.4 Å². The highest BCUT2D eigenvalue weighted by atomic mass is 28.3. The Morgan fingerprint density at radius 3 is 2.22 bits per heavy atom. The molecule has 0 aromatic heterocycles. The van der Waals surface area contributed by atoms with Crippen molar-refractivity contribution in [2.75, 3.05) is 6.61 Å². The Hall–Kier alpha value is -2.31. The number of esters is 1. The third-order valence-electron chi connectivity index (χ3n) is 10.9. The van der Waals surface area contributed by atoms with Crippen LogP contribution in [0.5, 0.6) is 0 Å². The first kappa shape index (κ1) is 35.5. The molecule has 0 heterocycles. The van der Waals surface area contributed by atoms with Crippen LogP contribution in [-0.4, -0.2) is 25.8 Å². The van der Waals surface area contributed by atoms with Crippen molar-refractivity contribution in [2.24, 2.45) is 17.8 Å². The second-order valence-corrected chi connectivity index (χ2v) is 19.5. The van der Waals surface area contributed by atoms with Gasteiger partial charge in [-0.15, -0.1) is 0 Å². The molecule has 2 aromatic rings. The van der Waals surface area contributed by atoms with Crippen molar-refractivity contribution >= 4 is 19.2 Å². The van der Waals surface area contributed by atoms with Gasteiger partial charge in [0.15, 0.2) is 11.6 Å². The SMILES string of the molecule is C=C(C)C(=O)OCc1cc(-c2ccc(C3CCC(C4CCC(CCCCC)CC4)CC3)c(F)c2F)ccc1[Si](C)(C)CCCO. The molecular formula is C39H56F2O3Si. The van der Waals surface area contributed by atoms with Gasteiger partial charge in [-0.25, -0.2) is 13.6 Å². The summed E-state index contributed by atoms with van der Waals surface area (Å²) in [5, 5.41) is 10.5. The van der Waals surface area contributed by atoms with Crippen LogP contribution in [0, 0.1) is 29.4 Å². The number of ether oxygens (including phenoxy) is 1. The third kappa shape index (κ3) is 9.16. The smallest absolute Gasteiger partial charge is 0.333 e. The molecule has 0 saturated heterocycles. The van der Waals surface area contributed by atoms with Crippen molar-refractivity contribution in [1.82, 2.24) is 0 Å². The molecule has 2 fully saturated rings. The number of aliphatic hydroxyl groups is 1. The van der Waals surface area contributed by atoms with Gasteiger partial charge in [-0.3, -0.25) is 0 Å². The van der Waals surface area contributed by atoms with Crippen molar-refractivity contribution in [1.29, 1.82) is 0 Å². The molecule has 0 bridgehead atoms. The van der Waals surface area contributed by atoms with Gasteiger partial charge >= 0.3 is 5.97 Å². The summed E-state index contributed by atoms with van der Waals surface area (Å²) < 4.78 is 37.0. The molecule has 2 saturated carbocycles. The summed E-state index contributed by atoms with van der Waals surface area (Å²) in [5.41, 5.74) is 2.43. The van der Waals surface area contributed by atoms with Gasteiger partial charge < -0.3 is 9.84 Å². The predicted octanol–water partition coefficient (Wildman–Crippen LogP) is 10.2. The lowest BCUT2D eigenvalue weighted by Gasteiger charge is -2.38. The maximum absolute atomic E-state index is 15.8. The summed E-state index contributed by atoms with van der Waals surface area (Å²) in [7, 11) is -1.99. The molecule has 0 amide bonds. The fourth-order valence-corrected chi connectivity index (χ4v) is 11.0. The van der Waals surface area contributed by atoms with E-state index in [0.717, 1.165) is 60.2 Å². The first-order valence-corrected chi connectivity index (χ1v) is 20.8. The molecule has 4 rings (SSSR count). The maximum Gasteiger partial charge on any atom is 0.333 e. The van der Waals surface area contributed by atoms with Crippen LogP contribution in [0.4, 0.5) is 8.78 Å². The molecule has 0 radical (unpaired) electrons. The van der Waals surface area contributed by atoms with Crippen molar-refractivity contribution in [3.63, 3.8) is 0 Å². The number of rotatable bonds is 14. The van der Waals surface area contributed by atoms with Gasteiger partial charge in [-0.2, -0.15) is 0 Å². The number of hydrogen-bond acceptors (Lipinski definition) is 3. The topological polar surface area (TPSA) is 46.5 Å². The largest absolute Gasteiger partial charge is 0.457 e. The average molecular weight is 639 g/mol. The molecule has 0 spiro atoms. The lowest BCUT2D eigenvalue weighted by atomic mass is 9.68. The molecular weight excluding hydrogens is 583 g/mol. The molecule has 2 aliphatic rings. The van der Waals surface area contributed by atoms with Crippen LogP contribution in [0.2, 0.25) is 19.1 Å². The number of benzene rings is 2. The van der Waals surface area contributed by atoms with E-state index in [4.69, 9.17) is 4.74 Å². The highest BCUT2D eigenvalue weighted by Gasteiger charge is 2.33. The van der Waals surface area contributed by atoms with Gasteiger partial charge in [0.1, 0.15) is 6.61 Å². The summed E-state index contributed by atoms with van der Waals surface area (Å²) in [6.45, 7) is 12.1. The van der Waals surface area contributed by atoms with Gasteiger partial charge in [-0.1, -0.05) is 101 Å². The summed E-state index contributed by atoms with van der Waals surface area (Å²) in [6.07, 6.45) is 15.6. The second kappa shape index (κ2) is 16.5. The van der Waals surface area contributed by atoms with E-state index in [1.54, 1.807) is 19.1 Å². The highest BCUT2D eigenvalue weighted by molar-refractivity contribution is 6.90. The maximum atomic E-state index is 15.8. The van der Waals surface area contributed by atoms with Crippen LogP contribution in [-0.2, 0) is 16.1 Å². The Balaban J connectivity index is 1.46. The average Bonchev–Trinajstić information content (AvgIpc) is 3.04. The molecule has 0 atom stereocenters. The Kier molecular flexibility index (Phi) is 13.0. The molecule has 1 N–H and O–H groups in total. The molecule has 3 nitrogen and oxygen atoms in total. The molecule has 6 heteroatoms. The van der Waals surface area contributed by atoms with E-state index >= 15 is 8.78 Å². The quantitative estimate of drug-likeness (QED) is 0.0969. The van der Waals surface area contributed by atoms with E-state index in [2.05, 4.69) is 26.6 Å². The fraction of sp³-hybridized carbons (Fsp3) is 0.615. The first-order valence-electron chi connectivity index (χ1n) is 17.6. The summed E-state index contributed by atoms with van der Waals surface area (Å²) in [5.74, 6) is 0.511. The van der Waals surface area contributed by atoms with E-state index in [9.17, 15) is 9.90 Å². The zero-order chi connectivity index (χ0) is 32.6. The minimum Gasteiger partial charge on any atom is -0.457 e. The summed E-state index contributed by atoms with van der Waals surface area (Å²) in [4.78, 5) is 12.2. The summed E-state index contributed by atoms with van der Waals surface area (Å²) in [6, 6.07) is 10.1. The molecule has 0 unspecified atom stereocenters. The van der Waals surface area contributed by atoms with Crippen LogP contribution in [0.3, 0.4) is 0 Å². The van der Waals surface area contributed by atoms with Gasteiger partial charge in [0.2, 0.25) is 0 Å². The monoisotopic (exact) mass is 638 g/mol. The minimum atomic E-state index is -1.99. The molecule has 2 aliphatic carbocycles. The highest BCUT2D eigenvalue weighted by Crippen LogP contribution is 2.45. The third-order valence-corrected chi connectivity index (χ3v) is 14.5. The lowest BCUT2D eigenvalue weighted by molar-refractivity contribution is -0.140. The predicted molar refractivity (Wildman–Crippen MR) is 184 cm³/mol. The Bertz CT molecular complexity index is 1290. The summed E-state index contributed by atoms with van der Waals surface area (Å²) >= 11 is 0. The van der Waals surface area contributed by atoms with Crippen LogP contribution in [0.1, 0.15) is 114 Å². The van der Waals surface area contributed by atoms with Crippen molar-refractivity contribution < 1.29 is 23.4 Å². The number of aliphatic hydroxyl groups excluding tert-OH is 1. The molecule has 248 valence electrons. The zero-order valence-corrected chi connectivity index (χ0v) is 29.2. The zero-order valence-electron chi connectivity index (χ0n) is 28.2. The Morgan fingerprint density at radius 2 is 1.60 bits per heavy atom. The van der Waals surface area contributed by atoms with Crippen LogP contribution >= 0.6 is 0 Å². The number of hydrogen-bond donors (Lipinski definition) is 1. The Morgan fingerprint density at radius 1 is 0.933 bits per heavy atom. The molecule has 45 heavy (non-hydrogen) atoms. The van der Waals surface area contributed by atoms with Crippen molar-refractivity contribution in [2.45, 2.75) is 129 Å². The van der Waals surface area contributed by atoms with Gasteiger partial charge in [-0.05, 0) is 98.3 Å². The molecule has 2 aromatic carbocycles. The van der Waals surface area contributed by atoms with E-state index in [1.807, 2.05) is 18.2 Å². The normalized spacial score (nSPS) is 22.3. The second-order valence-electron chi connectivity index (χ2n) is 14.7. The van der Waals surface area contributed by atoms with Gasteiger partial charge in [0.25, 0.3) is 0 Å². The van der Waals surface area contributed by atoms with Crippen LogP contribution < -0.4 is 5.19 Å². The van der Waals surface area contributed by atoms with Crippen LogP contribution in [0.15, 0.2) is 42.5 Å². The Labute approximate surface area is 271 Å². The number of halogens is 2. The standard InChI is InChI=1S/C39H56F2O3Si/c1-6-7-8-10-28-11-13-29(14-12-28)30-15-17-31(18-16-30)34-20-21-35(38(41)37(34)40)32-19-22-36(45(4,5)24-9-23-42)33(25-32)26-44-39(43)27(2)3/h19-22,25,28-31,42H,2,6-18,23-24,26H2,1,3-5H3. The lowest BCUT2D eigenvalue weighted by Crippen LogP contribution is -2.43. The van der Waals surface area contributed by atoms with Gasteiger partial charge in [0, 0.05) is 17.7 Å². The number of carbonyl (C=O) groups excluding carboxylic acids is 1. The minimum absolute atomic E-state index is 0.0381. The first-order chi connectivity index (χ1) is 21.6. The van der Waals surface area contributed by atoms with E-state index in [0.29, 0.717) is 23.1 Å².